The Bertz CT molecular complexity index is 787. The van der Waals surface area contributed by atoms with Gasteiger partial charge in [-0.2, -0.15) is 0 Å². The molecule has 0 aliphatic carbocycles. The molecule has 0 aliphatic rings. The number of anilines is 2. The molecule has 7 heteroatoms. The first-order chi connectivity index (χ1) is 9.06. The standard InChI is InChI=1S/C12H8ClFN4S/c13-6-3-5(1-2-7(6)14)11-17-10(16)9-8(15)4-19-12(9)18-11/h1-4H,15H2,(H2,16,17,18). The number of thiophene rings is 1. The first-order valence-electron chi connectivity index (χ1n) is 5.32. The molecule has 0 fully saturated rings. The van der Waals surface area contributed by atoms with E-state index in [1.54, 1.807) is 11.4 Å². The van der Waals surface area contributed by atoms with Crippen LogP contribution in [0.25, 0.3) is 21.6 Å². The lowest BCUT2D eigenvalue weighted by molar-refractivity contribution is 0.628. The highest BCUT2D eigenvalue weighted by Crippen LogP contribution is 2.32. The van der Waals surface area contributed by atoms with Crippen molar-refractivity contribution in [1.82, 2.24) is 9.97 Å². The summed E-state index contributed by atoms with van der Waals surface area (Å²) in [6.07, 6.45) is 0. The largest absolute Gasteiger partial charge is 0.397 e. The predicted molar refractivity (Wildman–Crippen MR) is 76.6 cm³/mol. The molecule has 0 saturated heterocycles. The summed E-state index contributed by atoms with van der Waals surface area (Å²) >= 11 is 7.13. The summed E-state index contributed by atoms with van der Waals surface area (Å²) in [7, 11) is 0. The van der Waals surface area contributed by atoms with Crippen LogP contribution in [0.1, 0.15) is 0 Å². The van der Waals surface area contributed by atoms with Crippen LogP contribution in [0.2, 0.25) is 5.02 Å². The predicted octanol–water partition coefficient (Wildman–Crippen LogP) is 3.32. The van der Waals surface area contributed by atoms with E-state index in [0.29, 0.717) is 33.1 Å². The van der Waals surface area contributed by atoms with Gasteiger partial charge in [-0.3, -0.25) is 0 Å². The van der Waals surface area contributed by atoms with Crippen LogP contribution in [-0.2, 0) is 0 Å². The summed E-state index contributed by atoms with van der Waals surface area (Å²) in [5, 5.41) is 2.43. The second-order valence-electron chi connectivity index (χ2n) is 3.93. The smallest absolute Gasteiger partial charge is 0.163 e. The second-order valence-corrected chi connectivity index (χ2v) is 5.20. The van der Waals surface area contributed by atoms with E-state index in [1.165, 1.54) is 23.5 Å². The zero-order valence-corrected chi connectivity index (χ0v) is 11.1. The molecule has 0 bridgehead atoms. The van der Waals surface area contributed by atoms with Crippen molar-refractivity contribution in [3.05, 3.63) is 34.4 Å². The third kappa shape index (κ3) is 1.98. The number of nitrogens with zero attached hydrogens (tertiary/aromatic N) is 2. The van der Waals surface area contributed by atoms with Gasteiger partial charge in [0.2, 0.25) is 0 Å². The number of rotatable bonds is 1. The van der Waals surface area contributed by atoms with E-state index >= 15 is 0 Å². The highest BCUT2D eigenvalue weighted by Gasteiger charge is 2.12. The summed E-state index contributed by atoms with van der Waals surface area (Å²) < 4.78 is 13.1. The van der Waals surface area contributed by atoms with E-state index in [4.69, 9.17) is 23.1 Å². The lowest BCUT2D eigenvalue weighted by Gasteiger charge is -2.04. The molecular formula is C12H8ClFN4S. The van der Waals surface area contributed by atoms with Gasteiger partial charge in [0.05, 0.1) is 16.1 Å². The monoisotopic (exact) mass is 294 g/mol. The maximum absolute atomic E-state index is 13.1. The number of aromatic nitrogens is 2. The van der Waals surface area contributed by atoms with Gasteiger partial charge in [0.15, 0.2) is 5.82 Å². The van der Waals surface area contributed by atoms with Crippen LogP contribution < -0.4 is 11.5 Å². The van der Waals surface area contributed by atoms with Crippen molar-refractivity contribution in [2.45, 2.75) is 0 Å². The Morgan fingerprint density at radius 2 is 2.00 bits per heavy atom. The molecule has 0 spiro atoms. The molecular weight excluding hydrogens is 287 g/mol. The van der Waals surface area contributed by atoms with E-state index < -0.39 is 5.82 Å². The van der Waals surface area contributed by atoms with Crippen molar-refractivity contribution in [3.8, 4) is 11.4 Å². The van der Waals surface area contributed by atoms with Crippen molar-refractivity contribution in [3.63, 3.8) is 0 Å². The topological polar surface area (TPSA) is 77.8 Å². The van der Waals surface area contributed by atoms with Gasteiger partial charge in [-0.15, -0.1) is 11.3 Å². The summed E-state index contributed by atoms with van der Waals surface area (Å²) in [5.74, 6) is 0.216. The highest BCUT2D eigenvalue weighted by molar-refractivity contribution is 7.17. The molecule has 19 heavy (non-hydrogen) atoms. The molecule has 0 radical (unpaired) electrons. The Labute approximate surface area is 116 Å². The van der Waals surface area contributed by atoms with Crippen molar-refractivity contribution < 1.29 is 4.39 Å². The number of nitrogen functional groups attached to an aromatic ring is 2. The van der Waals surface area contributed by atoms with E-state index in [-0.39, 0.29) is 5.02 Å². The average molecular weight is 295 g/mol. The molecule has 3 rings (SSSR count). The van der Waals surface area contributed by atoms with E-state index in [0.717, 1.165) is 0 Å². The zero-order chi connectivity index (χ0) is 13.6. The van der Waals surface area contributed by atoms with Crippen LogP contribution >= 0.6 is 22.9 Å². The van der Waals surface area contributed by atoms with E-state index in [2.05, 4.69) is 9.97 Å². The van der Waals surface area contributed by atoms with E-state index in [1.807, 2.05) is 0 Å². The number of hydrogen-bond donors (Lipinski definition) is 2. The van der Waals surface area contributed by atoms with Gasteiger partial charge in [0.25, 0.3) is 0 Å². The fourth-order valence-corrected chi connectivity index (χ4v) is 2.77. The van der Waals surface area contributed by atoms with Gasteiger partial charge in [0.1, 0.15) is 16.5 Å². The van der Waals surface area contributed by atoms with Crippen molar-refractivity contribution in [2.24, 2.45) is 0 Å². The minimum absolute atomic E-state index is 0.0189. The van der Waals surface area contributed by atoms with Gasteiger partial charge in [-0.05, 0) is 18.2 Å². The third-order valence-corrected chi connectivity index (χ3v) is 3.85. The maximum atomic E-state index is 13.1. The average Bonchev–Trinajstić information content (AvgIpc) is 2.75. The Morgan fingerprint density at radius 1 is 1.21 bits per heavy atom. The van der Waals surface area contributed by atoms with Crippen LogP contribution in [0.4, 0.5) is 15.9 Å². The molecule has 0 amide bonds. The molecule has 0 aliphatic heterocycles. The first kappa shape index (κ1) is 12.1. The summed E-state index contributed by atoms with van der Waals surface area (Å²) in [6.45, 7) is 0. The molecule has 0 unspecified atom stereocenters. The molecule has 2 heterocycles. The lowest BCUT2D eigenvalue weighted by Crippen LogP contribution is -1.98. The van der Waals surface area contributed by atoms with Crippen molar-refractivity contribution >= 4 is 44.7 Å². The van der Waals surface area contributed by atoms with Gasteiger partial charge in [-0.25, -0.2) is 14.4 Å². The number of nitrogens with two attached hydrogens (primary N) is 2. The fraction of sp³-hybridized carbons (Fsp3) is 0. The number of halogens is 2. The van der Waals surface area contributed by atoms with E-state index in [9.17, 15) is 4.39 Å². The quantitative estimate of drug-likeness (QED) is 0.722. The summed E-state index contributed by atoms with van der Waals surface area (Å²) in [4.78, 5) is 9.25. The summed E-state index contributed by atoms with van der Waals surface area (Å²) in [5.41, 5.74) is 12.8. The molecule has 4 N–H and O–H groups in total. The van der Waals surface area contributed by atoms with Gasteiger partial charge < -0.3 is 11.5 Å². The van der Waals surface area contributed by atoms with Crippen LogP contribution in [-0.4, -0.2) is 9.97 Å². The number of benzene rings is 1. The Hall–Kier alpha value is -1.92. The molecule has 2 aromatic heterocycles. The zero-order valence-electron chi connectivity index (χ0n) is 9.52. The Balaban J connectivity index is 2.22. The minimum Gasteiger partial charge on any atom is -0.397 e. The van der Waals surface area contributed by atoms with Crippen LogP contribution in [0, 0.1) is 5.82 Å². The number of fused-ring (bicyclic) bond motifs is 1. The van der Waals surface area contributed by atoms with Crippen LogP contribution in [0.3, 0.4) is 0 Å². The molecule has 3 aromatic rings. The molecule has 1 aromatic carbocycles. The molecule has 0 saturated carbocycles. The SMILES string of the molecule is Nc1csc2nc(-c3ccc(F)c(Cl)c3)nc(N)c12. The van der Waals surface area contributed by atoms with Gasteiger partial charge >= 0.3 is 0 Å². The molecule has 0 atom stereocenters. The minimum atomic E-state index is -0.486. The highest BCUT2D eigenvalue weighted by atomic mass is 35.5. The van der Waals surface area contributed by atoms with Crippen molar-refractivity contribution in [2.75, 3.05) is 11.5 Å². The maximum Gasteiger partial charge on any atom is 0.163 e. The van der Waals surface area contributed by atoms with Crippen LogP contribution in [0.15, 0.2) is 23.6 Å². The fourth-order valence-electron chi connectivity index (χ4n) is 1.76. The number of hydrogen-bond acceptors (Lipinski definition) is 5. The molecule has 4 nitrogen and oxygen atoms in total. The lowest BCUT2D eigenvalue weighted by atomic mass is 10.2. The Kier molecular flexibility index (Phi) is 2.76. The third-order valence-electron chi connectivity index (χ3n) is 2.67. The van der Waals surface area contributed by atoms with Crippen LogP contribution in [0.5, 0.6) is 0 Å². The summed E-state index contributed by atoms with van der Waals surface area (Å²) in [6, 6.07) is 4.29. The molecule has 96 valence electrons. The van der Waals surface area contributed by atoms with Gasteiger partial charge in [0, 0.05) is 10.9 Å². The normalized spacial score (nSPS) is 11.1. The van der Waals surface area contributed by atoms with Gasteiger partial charge in [-0.1, -0.05) is 11.6 Å². The van der Waals surface area contributed by atoms with Crippen molar-refractivity contribution in [1.29, 1.82) is 0 Å². The first-order valence-corrected chi connectivity index (χ1v) is 6.57. The second kappa shape index (κ2) is 4.32. The Morgan fingerprint density at radius 3 is 2.74 bits per heavy atom.